The van der Waals surface area contributed by atoms with Gasteiger partial charge in [0.1, 0.15) is 5.76 Å². The molecule has 4 bridgehead atoms. The quantitative estimate of drug-likeness (QED) is 0.811. The Morgan fingerprint density at radius 3 is 2.44 bits per heavy atom. The maximum Gasteiger partial charge on any atom is 0.229 e. The minimum absolute atomic E-state index is 0.0834. The summed E-state index contributed by atoms with van der Waals surface area (Å²) in [6, 6.07) is 3.89. The average Bonchev–Trinajstić information content (AvgIpc) is 3.26. The second-order valence-electron chi connectivity index (χ2n) is 9.10. The molecule has 0 aromatic carbocycles. The van der Waals surface area contributed by atoms with Crippen LogP contribution in [0.3, 0.4) is 0 Å². The molecule has 0 radical (unpaired) electrons. The fourth-order valence-corrected chi connectivity index (χ4v) is 6.55. The lowest BCUT2D eigenvalue weighted by Crippen LogP contribution is -2.55. The SMILES string of the molecule is O=C(N(Cc1ccco1)CC1CCCO1)C12CC3CC(CC(C3)C1)C2. The van der Waals surface area contributed by atoms with Crippen molar-refractivity contribution in [2.24, 2.45) is 23.2 Å². The molecule has 5 fully saturated rings. The molecule has 0 N–H and O–H groups in total. The lowest BCUT2D eigenvalue weighted by atomic mass is 9.49. The molecule has 1 aromatic heterocycles. The van der Waals surface area contributed by atoms with Gasteiger partial charge in [0.25, 0.3) is 0 Å². The monoisotopic (exact) mass is 343 g/mol. The standard InChI is InChI=1S/C21H29NO3/c23-20(21-10-15-7-16(11-21)9-17(8-15)12-21)22(13-18-3-1-5-24-18)14-19-4-2-6-25-19/h1,3,5,15-17,19H,2,4,6-14H2. The van der Waals surface area contributed by atoms with E-state index in [2.05, 4.69) is 4.90 Å². The Morgan fingerprint density at radius 2 is 1.88 bits per heavy atom. The Kier molecular flexibility index (Phi) is 3.92. The number of hydrogen-bond donors (Lipinski definition) is 0. The Morgan fingerprint density at radius 1 is 1.16 bits per heavy atom. The number of carbonyl (C=O) groups excluding carboxylic acids is 1. The third-order valence-corrected chi connectivity index (χ3v) is 7.15. The summed E-state index contributed by atoms with van der Waals surface area (Å²) in [5.74, 6) is 3.66. The molecular weight excluding hydrogens is 314 g/mol. The van der Waals surface area contributed by atoms with E-state index in [1.165, 1.54) is 19.3 Å². The van der Waals surface area contributed by atoms with Gasteiger partial charge in [-0.25, -0.2) is 0 Å². The molecule has 1 aromatic rings. The molecule has 4 heteroatoms. The van der Waals surface area contributed by atoms with E-state index < -0.39 is 0 Å². The minimum Gasteiger partial charge on any atom is -0.467 e. The van der Waals surface area contributed by atoms with Crippen LogP contribution in [0.4, 0.5) is 0 Å². The van der Waals surface area contributed by atoms with E-state index in [0.29, 0.717) is 12.5 Å². The van der Waals surface area contributed by atoms with Crippen molar-refractivity contribution in [3.63, 3.8) is 0 Å². The number of amides is 1. The van der Waals surface area contributed by atoms with Gasteiger partial charge in [-0.15, -0.1) is 0 Å². The smallest absolute Gasteiger partial charge is 0.229 e. The second kappa shape index (κ2) is 6.15. The van der Waals surface area contributed by atoms with Crippen molar-refractivity contribution >= 4 is 5.91 Å². The van der Waals surface area contributed by atoms with Crippen LogP contribution in [0.2, 0.25) is 0 Å². The molecule has 4 nitrogen and oxygen atoms in total. The fourth-order valence-electron chi connectivity index (χ4n) is 6.55. The van der Waals surface area contributed by atoms with Gasteiger partial charge < -0.3 is 14.1 Å². The molecule has 6 rings (SSSR count). The maximum atomic E-state index is 13.7. The molecule has 4 saturated carbocycles. The highest BCUT2D eigenvalue weighted by Gasteiger charge is 2.55. The Bertz CT molecular complexity index is 582. The van der Waals surface area contributed by atoms with E-state index in [1.54, 1.807) is 6.26 Å². The third-order valence-electron chi connectivity index (χ3n) is 7.15. The molecule has 0 spiro atoms. The summed E-state index contributed by atoms with van der Waals surface area (Å²) < 4.78 is 11.4. The van der Waals surface area contributed by atoms with E-state index in [9.17, 15) is 4.79 Å². The highest BCUT2D eigenvalue weighted by Crippen LogP contribution is 2.60. The van der Waals surface area contributed by atoms with Crippen LogP contribution in [0.15, 0.2) is 22.8 Å². The molecule has 136 valence electrons. The second-order valence-corrected chi connectivity index (χ2v) is 9.10. The summed E-state index contributed by atoms with van der Waals surface area (Å²) >= 11 is 0. The van der Waals surface area contributed by atoms with Crippen LogP contribution in [0.1, 0.15) is 57.1 Å². The first-order valence-electron chi connectivity index (χ1n) is 10.1. The first-order valence-corrected chi connectivity index (χ1v) is 10.1. The highest BCUT2D eigenvalue weighted by atomic mass is 16.5. The lowest BCUT2D eigenvalue weighted by Gasteiger charge is -2.56. The highest BCUT2D eigenvalue weighted by molar-refractivity contribution is 5.83. The van der Waals surface area contributed by atoms with E-state index in [4.69, 9.17) is 9.15 Å². The van der Waals surface area contributed by atoms with Crippen molar-refractivity contribution < 1.29 is 13.9 Å². The topological polar surface area (TPSA) is 42.7 Å². The zero-order valence-corrected chi connectivity index (χ0v) is 15.0. The number of furan rings is 1. The number of nitrogens with zero attached hydrogens (tertiary/aromatic N) is 1. The minimum atomic E-state index is -0.0834. The first kappa shape index (κ1) is 15.9. The summed E-state index contributed by atoms with van der Waals surface area (Å²) in [7, 11) is 0. The molecule has 1 aliphatic heterocycles. The van der Waals surface area contributed by atoms with Crippen molar-refractivity contribution in [3.05, 3.63) is 24.2 Å². The predicted molar refractivity (Wildman–Crippen MR) is 93.7 cm³/mol. The van der Waals surface area contributed by atoms with E-state index in [-0.39, 0.29) is 11.5 Å². The molecule has 4 aliphatic carbocycles. The van der Waals surface area contributed by atoms with Crippen molar-refractivity contribution in [3.8, 4) is 0 Å². The largest absolute Gasteiger partial charge is 0.467 e. The van der Waals surface area contributed by atoms with Gasteiger partial charge in [-0.3, -0.25) is 4.79 Å². The number of carbonyl (C=O) groups is 1. The molecule has 25 heavy (non-hydrogen) atoms. The molecular formula is C21H29NO3. The van der Waals surface area contributed by atoms with Gasteiger partial charge in [0.15, 0.2) is 0 Å². The van der Waals surface area contributed by atoms with Crippen LogP contribution in [0, 0.1) is 23.2 Å². The normalized spacial score (nSPS) is 39.0. The van der Waals surface area contributed by atoms with Crippen molar-refractivity contribution in [1.29, 1.82) is 0 Å². The van der Waals surface area contributed by atoms with Crippen LogP contribution in [0.5, 0.6) is 0 Å². The van der Waals surface area contributed by atoms with Crippen LogP contribution < -0.4 is 0 Å². The Hall–Kier alpha value is -1.29. The maximum absolute atomic E-state index is 13.7. The number of rotatable bonds is 5. The molecule has 5 aliphatic rings. The molecule has 1 unspecified atom stereocenters. The molecule has 2 heterocycles. The van der Waals surface area contributed by atoms with E-state index in [1.807, 2.05) is 12.1 Å². The molecule has 1 amide bonds. The zero-order chi connectivity index (χ0) is 16.9. The van der Waals surface area contributed by atoms with Crippen LogP contribution in [0.25, 0.3) is 0 Å². The zero-order valence-electron chi connectivity index (χ0n) is 15.0. The Balaban J connectivity index is 1.38. The van der Waals surface area contributed by atoms with Gasteiger partial charge in [-0.2, -0.15) is 0 Å². The predicted octanol–water partition coefficient (Wildman–Crippen LogP) is 4.00. The molecule has 1 atom stereocenters. The summed E-state index contributed by atoms with van der Waals surface area (Å²) in [6.07, 6.45) is 11.6. The molecule has 1 saturated heterocycles. The van der Waals surface area contributed by atoms with E-state index >= 15 is 0 Å². The van der Waals surface area contributed by atoms with Crippen LogP contribution in [-0.4, -0.2) is 30.1 Å². The summed E-state index contributed by atoms with van der Waals surface area (Å²) in [6.45, 7) is 2.15. The van der Waals surface area contributed by atoms with E-state index in [0.717, 1.165) is 68.8 Å². The van der Waals surface area contributed by atoms with Crippen molar-refractivity contribution in [2.75, 3.05) is 13.2 Å². The lowest BCUT2D eigenvalue weighted by molar-refractivity contribution is -0.160. The summed E-state index contributed by atoms with van der Waals surface area (Å²) in [5, 5.41) is 0. The summed E-state index contributed by atoms with van der Waals surface area (Å²) in [5.41, 5.74) is -0.0834. The average molecular weight is 343 g/mol. The summed E-state index contributed by atoms with van der Waals surface area (Å²) in [4.78, 5) is 15.8. The van der Waals surface area contributed by atoms with Crippen LogP contribution >= 0.6 is 0 Å². The number of ether oxygens (including phenoxy) is 1. The number of hydrogen-bond acceptors (Lipinski definition) is 3. The van der Waals surface area contributed by atoms with Gasteiger partial charge in [0, 0.05) is 13.2 Å². The first-order chi connectivity index (χ1) is 12.2. The van der Waals surface area contributed by atoms with Gasteiger partial charge >= 0.3 is 0 Å². The van der Waals surface area contributed by atoms with Crippen molar-refractivity contribution in [2.45, 2.75) is 64.0 Å². The van der Waals surface area contributed by atoms with Crippen LogP contribution in [-0.2, 0) is 16.1 Å². The third kappa shape index (κ3) is 2.92. The Labute approximate surface area is 149 Å². The van der Waals surface area contributed by atoms with Gasteiger partial charge in [0.05, 0.1) is 24.3 Å². The van der Waals surface area contributed by atoms with Gasteiger partial charge in [-0.05, 0) is 81.3 Å². The fraction of sp³-hybridized carbons (Fsp3) is 0.762. The van der Waals surface area contributed by atoms with Gasteiger partial charge in [0.2, 0.25) is 5.91 Å². The van der Waals surface area contributed by atoms with Crippen molar-refractivity contribution in [1.82, 2.24) is 4.90 Å². The van der Waals surface area contributed by atoms with Gasteiger partial charge in [-0.1, -0.05) is 0 Å².